The summed E-state index contributed by atoms with van der Waals surface area (Å²) in [6, 6.07) is 20.8. The van der Waals surface area contributed by atoms with E-state index < -0.39 is 18.5 Å². The molecule has 3 aromatic rings. The Morgan fingerprint density at radius 2 is 1.64 bits per heavy atom. The molecule has 0 fully saturated rings. The fourth-order valence-corrected chi connectivity index (χ4v) is 2.49. The van der Waals surface area contributed by atoms with Crippen molar-refractivity contribution in [3.05, 3.63) is 83.9 Å². The summed E-state index contributed by atoms with van der Waals surface area (Å²) in [6.07, 6.45) is 0. The van der Waals surface area contributed by atoms with Crippen molar-refractivity contribution in [1.82, 2.24) is 0 Å². The minimum absolute atomic E-state index is 0.0145. The smallest absolute Gasteiger partial charge is 0.342 e. The molecule has 6 heteroatoms. The highest BCUT2D eigenvalue weighted by molar-refractivity contribution is 5.97. The molecular formula is C22H19NO5. The number of amides is 1. The maximum absolute atomic E-state index is 12.2. The Balaban J connectivity index is 1.62. The zero-order chi connectivity index (χ0) is 19.9. The summed E-state index contributed by atoms with van der Waals surface area (Å²) in [5.41, 5.74) is 1.01. The molecule has 0 aliphatic carbocycles. The number of ether oxygens (including phenoxy) is 2. The van der Waals surface area contributed by atoms with Gasteiger partial charge in [-0.05, 0) is 42.8 Å². The van der Waals surface area contributed by atoms with Crippen LogP contribution >= 0.6 is 0 Å². The molecule has 0 spiro atoms. The summed E-state index contributed by atoms with van der Waals surface area (Å²) in [7, 11) is 0. The standard InChI is InChI=1S/C22H19NO5/c1-15-8-7-11-17(21(15)25)22(26)27-14-20(24)23-18-12-5-6-13-19(18)28-16-9-3-2-4-10-16/h2-13,25H,14H2,1H3,(H,23,24). The number of aromatic hydroxyl groups is 1. The van der Waals surface area contributed by atoms with Crippen LogP contribution in [0.3, 0.4) is 0 Å². The lowest BCUT2D eigenvalue weighted by Gasteiger charge is -2.12. The van der Waals surface area contributed by atoms with Crippen LogP contribution in [-0.4, -0.2) is 23.6 Å². The summed E-state index contributed by atoms with van der Waals surface area (Å²) < 4.78 is 10.8. The van der Waals surface area contributed by atoms with Gasteiger partial charge in [0, 0.05) is 0 Å². The van der Waals surface area contributed by atoms with E-state index in [-0.39, 0.29) is 11.3 Å². The number of phenolic OH excluding ortho intramolecular Hbond substituents is 1. The van der Waals surface area contributed by atoms with E-state index in [4.69, 9.17) is 9.47 Å². The predicted octanol–water partition coefficient (Wildman–Crippen LogP) is 4.29. The van der Waals surface area contributed by atoms with Crippen LogP contribution in [0.25, 0.3) is 0 Å². The lowest BCUT2D eigenvalue weighted by molar-refractivity contribution is -0.119. The SMILES string of the molecule is Cc1cccc(C(=O)OCC(=O)Nc2ccccc2Oc2ccccc2)c1O. The number of nitrogens with one attached hydrogen (secondary N) is 1. The molecule has 0 aliphatic rings. The zero-order valence-corrected chi connectivity index (χ0v) is 15.2. The lowest BCUT2D eigenvalue weighted by atomic mass is 10.1. The topological polar surface area (TPSA) is 84.9 Å². The van der Waals surface area contributed by atoms with Crippen LogP contribution in [0.2, 0.25) is 0 Å². The van der Waals surface area contributed by atoms with E-state index in [2.05, 4.69) is 5.32 Å². The zero-order valence-electron chi connectivity index (χ0n) is 15.2. The van der Waals surface area contributed by atoms with Crippen molar-refractivity contribution in [2.24, 2.45) is 0 Å². The molecule has 142 valence electrons. The van der Waals surface area contributed by atoms with Crippen molar-refractivity contribution in [2.75, 3.05) is 11.9 Å². The first-order valence-electron chi connectivity index (χ1n) is 8.62. The van der Waals surface area contributed by atoms with E-state index in [0.29, 0.717) is 22.7 Å². The van der Waals surface area contributed by atoms with E-state index in [1.54, 1.807) is 55.5 Å². The van der Waals surface area contributed by atoms with Crippen LogP contribution in [0.15, 0.2) is 72.8 Å². The first kappa shape index (κ1) is 19.0. The van der Waals surface area contributed by atoms with Gasteiger partial charge in [-0.15, -0.1) is 0 Å². The quantitative estimate of drug-likeness (QED) is 0.626. The minimum Gasteiger partial charge on any atom is -0.507 e. The van der Waals surface area contributed by atoms with Crippen molar-refractivity contribution in [3.63, 3.8) is 0 Å². The number of benzene rings is 3. The highest BCUT2D eigenvalue weighted by atomic mass is 16.5. The van der Waals surface area contributed by atoms with E-state index in [1.807, 2.05) is 18.2 Å². The van der Waals surface area contributed by atoms with Crippen molar-refractivity contribution in [3.8, 4) is 17.2 Å². The van der Waals surface area contributed by atoms with Crippen LogP contribution in [0.5, 0.6) is 17.2 Å². The summed E-state index contributed by atoms with van der Waals surface area (Å²) in [5.74, 6) is -0.362. The Bertz CT molecular complexity index is 985. The molecule has 0 unspecified atom stereocenters. The second-order valence-corrected chi connectivity index (χ2v) is 6.01. The molecule has 0 saturated heterocycles. The van der Waals surface area contributed by atoms with E-state index >= 15 is 0 Å². The molecule has 2 N–H and O–H groups in total. The third-order valence-electron chi connectivity index (χ3n) is 3.92. The van der Waals surface area contributed by atoms with Gasteiger partial charge >= 0.3 is 5.97 Å². The molecule has 3 rings (SSSR count). The number of esters is 1. The third-order valence-corrected chi connectivity index (χ3v) is 3.92. The summed E-state index contributed by atoms with van der Waals surface area (Å²) in [5, 5.41) is 12.6. The number of hydrogen-bond acceptors (Lipinski definition) is 5. The second-order valence-electron chi connectivity index (χ2n) is 6.01. The van der Waals surface area contributed by atoms with Gasteiger partial charge < -0.3 is 19.9 Å². The Morgan fingerprint density at radius 1 is 0.929 bits per heavy atom. The minimum atomic E-state index is -0.773. The number of rotatable bonds is 6. The molecule has 0 bridgehead atoms. The molecule has 0 aromatic heterocycles. The molecule has 1 amide bonds. The predicted molar refractivity (Wildman–Crippen MR) is 105 cm³/mol. The Kier molecular flexibility index (Phi) is 5.91. The first-order valence-corrected chi connectivity index (χ1v) is 8.62. The van der Waals surface area contributed by atoms with E-state index in [9.17, 15) is 14.7 Å². The molecule has 3 aromatic carbocycles. The number of hydrogen-bond donors (Lipinski definition) is 2. The number of para-hydroxylation sites is 4. The average molecular weight is 377 g/mol. The third kappa shape index (κ3) is 4.67. The fraction of sp³-hybridized carbons (Fsp3) is 0.0909. The molecule has 0 atom stereocenters. The normalized spacial score (nSPS) is 10.2. The second kappa shape index (κ2) is 8.73. The molecule has 28 heavy (non-hydrogen) atoms. The van der Waals surface area contributed by atoms with Gasteiger partial charge in [-0.25, -0.2) is 4.79 Å². The van der Waals surface area contributed by atoms with Crippen LogP contribution < -0.4 is 10.1 Å². The van der Waals surface area contributed by atoms with Gasteiger partial charge in [-0.2, -0.15) is 0 Å². The maximum atomic E-state index is 12.2. The number of carbonyl (C=O) groups excluding carboxylic acids is 2. The Morgan fingerprint density at radius 3 is 2.43 bits per heavy atom. The molecular weight excluding hydrogens is 358 g/mol. The molecule has 0 radical (unpaired) electrons. The lowest BCUT2D eigenvalue weighted by Crippen LogP contribution is -2.21. The van der Waals surface area contributed by atoms with Gasteiger partial charge in [0.05, 0.1) is 5.69 Å². The number of carbonyl (C=O) groups is 2. The van der Waals surface area contributed by atoms with Crippen LogP contribution in [0.4, 0.5) is 5.69 Å². The van der Waals surface area contributed by atoms with Crippen molar-refractivity contribution < 1.29 is 24.2 Å². The fourth-order valence-electron chi connectivity index (χ4n) is 2.49. The summed E-state index contributed by atoms with van der Waals surface area (Å²) >= 11 is 0. The number of aryl methyl sites for hydroxylation is 1. The number of anilines is 1. The molecule has 0 heterocycles. The van der Waals surface area contributed by atoms with Crippen molar-refractivity contribution in [1.29, 1.82) is 0 Å². The van der Waals surface area contributed by atoms with Crippen LogP contribution in [-0.2, 0) is 9.53 Å². The van der Waals surface area contributed by atoms with Crippen LogP contribution in [0.1, 0.15) is 15.9 Å². The van der Waals surface area contributed by atoms with Crippen LogP contribution in [0, 0.1) is 6.92 Å². The maximum Gasteiger partial charge on any atom is 0.342 e. The highest BCUT2D eigenvalue weighted by Crippen LogP contribution is 2.29. The number of phenols is 1. The molecule has 0 aliphatic heterocycles. The van der Waals surface area contributed by atoms with Gasteiger partial charge in [-0.3, -0.25) is 4.79 Å². The molecule has 6 nitrogen and oxygen atoms in total. The Hall–Kier alpha value is -3.80. The Labute approximate surface area is 162 Å². The monoisotopic (exact) mass is 377 g/mol. The van der Waals surface area contributed by atoms with E-state index in [1.165, 1.54) is 6.07 Å². The summed E-state index contributed by atoms with van der Waals surface area (Å²) in [4.78, 5) is 24.3. The van der Waals surface area contributed by atoms with Gasteiger partial charge in [0.1, 0.15) is 17.1 Å². The first-order chi connectivity index (χ1) is 13.5. The van der Waals surface area contributed by atoms with Gasteiger partial charge in [-0.1, -0.05) is 42.5 Å². The van der Waals surface area contributed by atoms with Crippen molar-refractivity contribution >= 4 is 17.6 Å². The summed E-state index contributed by atoms with van der Waals surface area (Å²) in [6.45, 7) is 1.17. The van der Waals surface area contributed by atoms with Gasteiger partial charge in [0.15, 0.2) is 12.4 Å². The van der Waals surface area contributed by atoms with Crippen molar-refractivity contribution in [2.45, 2.75) is 6.92 Å². The average Bonchev–Trinajstić information content (AvgIpc) is 2.70. The van der Waals surface area contributed by atoms with Gasteiger partial charge in [0.25, 0.3) is 5.91 Å². The molecule has 0 saturated carbocycles. The van der Waals surface area contributed by atoms with Gasteiger partial charge in [0.2, 0.25) is 0 Å². The largest absolute Gasteiger partial charge is 0.507 e. The van der Waals surface area contributed by atoms with E-state index in [0.717, 1.165) is 0 Å². The highest BCUT2D eigenvalue weighted by Gasteiger charge is 2.16.